The lowest BCUT2D eigenvalue weighted by Gasteiger charge is -2.21. The van der Waals surface area contributed by atoms with Gasteiger partial charge in [-0.1, -0.05) is 31.4 Å². The van der Waals surface area contributed by atoms with E-state index >= 15 is 0 Å². The Morgan fingerprint density at radius 3 is 2.35 bits per heavy atom. The van der Waals surface area contributed by atoms with Crippen LogP contribution in [0.4, 0.5) is 0 Å². The van der Waals surface area contributed by atoms with Crippen LogP contribution in [0.15, 0.2) is 18.2 Å². The molecule has 0 amide bonds. The quantitative estimate of drug-likeness (QED) is 0.801. The second-order valence-electron chi connectivity index (χ2n) is 5.79. The van der Waals surface area contributed by atoms with Crippen molar-refractivity contribution < 1.29 is 13.2 Å². The minimum absolute atomic E-state index is 0.279. The van der Waals surface area contributed by atoms with Gasteiger partial charge in [0.05, 0.1) is 5.25 Å². The summed E-state index contributed by atoms with van der Waals surface area (Å²) in [5.74, 6) is -0.626. The number of hydrogen-bond donors (Lipinski definition) is 0. The lowest BCUT2D eigenvalue weighted by atomic mass is 10.0. The highest BCUT2D eigenvalue weighted by molar-refractivity contribution is 7.92. The summed E-state index contributed by atoms with van der Waals surface area (Å²) in [6, 6.07) is 5.38. The van der Waals surface area contributed by atoms with Crippen LogP contribution in [-0.4, -0.2) is 25.2 Å². The molecule has 0 unspecified atom stereocenters. The Morgan fingerprint density at radius 1 is 1.10 bits per heavy atom. The number of sulfone groups is 1. The summed E-state index contributed by atoms with van der Waals surface area (Å²) in [4.78, 5) is 12.2. The first-order valence-corrected chi connectivity index (χ1v) is 8.94. The monoisotopic (exact) mass is 294 g/mol. The fourth-order valence-electron chi connectivity index (χ4n) is 2.72. The zero-order chi connectivity index (χ0) is 14.8. The van der Waals surface area contributed by atoms with Crippen molar-refractivity contribution in [1.29, 1.82) is 0 Å². The molecule has 1 fully saturated rings. The Morgan fingerprint density at radius 2 is 1.75 bits per heavy atom. The van der Waals surface area contributed by atoms with Crippen LogP contribution in [0.25, 0.3) is 0 Å². The van der Waals surface area contributed by atoms with Crippen molar-refractivity contribution in [2.24, 2.45) is 0 Å². The number of hydrogen-bond acceptors (Lipinski definition) is 3. The molecule has 0 heterocycles. The summed E-state index contributed by atoms with van der Waals surface area (Å²) in [6.45, 7) is 3.91. The molecule has 0 aromatic heterocycles. The lowest BCUT2D eigenvalue weighted by molar-refractivity contribution is 0.102. The van der Waals surface area contributed by atoms with Crippen molar-refractivity contribution in [3.8, 4) is 0 Å². The highest BCUT2D eigenvalue weighted by atomic mass is 32.2. The van der Waals surface area contributed by atoms with Crippen LogP contribution < -0.4 is 0 Å². The minimum Gasteiger partial charge on any atom is -0.293 e. The maximum atomic E-state index is 12.3. The summed E-state index contributed by atoms with van der Waals surface area (Å²) in [5, 5.41) is -0.313. The van der Waals surface area contributed by atoms with E-state index in [2.05, 4.69) is 0 Å². The van der Waals surface area contributed by atoms with Crippen LogP contribution >= 0.6 is 0 Å². The van der Waals surface area contributed by atoms with Crippen molar-refractivity contribution in [2.75, 3.05) is 5.75 Å². The van der Waals surface area contributed by atoms with Gasteiger partial charge in [0, 0.05) is 5.56 Å². The molecule has 1 aliphatic rings. The SMILES string of the molecule is Cc1ccc(C(=O)CS(=O)(=O)C2CCCCC2)cc1C. The third-order valence-corrected chi connectivity index (χ3v) is 6.37. The molecule has 0 N–H and O–H groups in total. The smallest absolute Gasteiger partial charge is 0.177 e. The summed E-state index contributed by atoms with van der Waals surface area (Å²) < 4.78 is 24.6. The first-order valence-electron chi connectivity index (χ1n) is 7.22. The molecule has 0 saturated heterocycles. The van der Waals surface area contributed by atoms with E-state index < -0.39 is 9.84 Å². The van der Waals surface area contributed by atoms with Gasteiger partial charge in [-0.15, -0.1) is 0 Å². The fourth-order valence-corrected chi connectivity index (χ4v) is 4.54. The van der Waals surface area contributed by atoms with Gasteiger partial charge < -0.3 is 0 Å². The van der Waals surface area contributed by atoms with Gasteiger partial charge in [0.1, 0.15) is 5.75 Å². The Bertz CT molecular complexity index is 596. The van der Waals surface area contributed by atoms with E-state index in [0.717, 1.165) is 30.4 Å². The van der Waals surface area contributed by atoms with Gasteiger partial charge in [-0.25, -0.2) is 8.42 Å². The van der Waals surface area contributed by atoms with Gasteiger partial charge >= 0.3 is 0 Å². The molecule has 3 nitrogen and oxygen atoms in total. The topological polar surface area (TPSA) is 51.2 Å². The number of carbonyl (C=O) groups is 1. The van der Waals surface area contributed by atoms with E-state index in [9.17, 15) is 13.2 Å². The van der Waals surface area contributed by atoms with Gasteiger partial charge in [-0.3, -0.25) is 4.79 Å². The maximum absolute atomic E-state index is 12.3. The number of benzene rings is 1. The first kappa shape index (κ1) is 15.2. The average Bonchev–Trinajstić information content (AvgIpc) is 2.42. The molecule has 1 saturated carbocycles. The van der Waals surface area contributed by atoms with Crippen LogP contribution in [0.2, 0.25) is 0 Å². The number of Topliss-reactive ketones (excluding diaryl/α,β-unsaturated/α-hetero) is 1. The highest BCUT2D eigenvalue weighted by Gasteiger charge is 2.29. The molecule has 0 spiro atoms. The van der Waals surface area contributed by atoms with Crippen molar-refractivity contribution in [1.82, 2.24) is 0 Å². The number of carbonyl (C=O) groups excluding carboxylic acids is 1. The highest BCUT2D eigenvalue weighted by Crippen LogP contribution is 2.24. The maximum Gasteiger partial charge on any atom is 0.177 e. The normalized spacial score (nSPS) is 17.1. The van der Waals surface area contributed by atoms with Crippen molar-refractivity contribution in [3.05, 3.63) is 34.9 Å². The Balaban J connectivity index is 2.11. The van der Waals surface area contributed by atoms with Crippen LogP contribution in [0.3, 0.4) is 0 Å². The van der Waals surface area contributed by atoms with Gasteiger partial charge in [-0.05, 0) is 43.9 Å². The number of ketones is 1. The molecular formula is C16H22O3S. The summed E-state index contributed by atoms with van der Waals surface area (Å²) in [6.07, 6.45) is 4.45. The molecule has 0 bridgehead atoms. The van der Waals surface area contributed by atoms with Crippen LogP contribution in [0.1, 0.15) is 53.6 Å². The molecule has 1 aromatic rings. The largest absolute Gasteiger partial charge is 0.293 e. The molecule has 0 atom stereocenters. The standard InChI is InChI=1S/C16H22O3S/c1-12-8-9-14(10-13(12)2)16(17)11-20(18,19)15-6-4-3-5-7-15/h8-10,15H,3-7,11H2,1-2H3. The van der Waals surface area contributed by atoms with Crippen LogP contribution in [-0.2, 0) is 9.84 Å². The van der Waals surface area contributed by atoms with Gasteiger partial charge in [-0.2, -0.15) is 0 Å². The zero-order valence-corrected chi connectivity index (χ0v) is 13.0. The average molecular weight is 294 g/mol. The van der Waals surface area contributed by atoms with E-state index in [1.165, 1.54) is 0 Å². The van der Waals surface area contributed by atoms with Crippen molar-refractivity contribution >= 4 is 15.6 Å². The van der Waals surface area contributed by atoms with Crippen molar-refractivity contribution in [2.45, 2.75) is 51.2 Å². The molecule has 2 rings (SSSR count). The lowest BCUT2D eigenvalue weighted by Crippen LogP contribution is -2.29. The molecule has 0 radical (unpaired) electrons. The number of aryl methyl sites for hydroxylation is 2. The van der Waals surface area contributed by atoms with E-state index in [0.29, 0.717) is 18.4 Å². The van der Waals surface area contributed by atoms with Crippen molar-refractivity contribution in [3.63, 3.8) is 0 Å². The molecular weight excluding hydrogens is 272 g/mol. The second kappa shape index (κ2) is 6.08. The van der Waals surface area contributed by atoms with E-state index in [-0.39, 0.29) is 16.8 Å². The molecule has 1 aliphatic carbocycles. The fraction of sp³-hybridized carbons (Fsp3) is 0.562. The molecule has 0 aliphatic heterocycles. The molecule has 20 heavy (non-hydrogen) atoms. The predicted molar refractivity (Wildman–Crippen MR) is 80.9 cm³/mol. The molecule has 110 valence electrons. The third kappa shape index (κ3) is 3.48. The summed E-state index contributed by atoms with van der Waals surface area (Å²) in [5.41, 5.74) is 2.63. The van der Waals surface area contributed by atoms with E-state index in [1.807, 2.05) is 19.9 Å². The molecule has 1 aromatic carbocycles. The number of rotatable bonds is 4. The van der Waals surface area contributed by atoms with E-state index in [1.54, 1.807) is 12.1 Å². The Hall–Kier alpha value is -1.16. The van der Waals surface area contributed by atoms with Gasteiger partial charge in [0.25, 0.3) is 0 Å². The minimum atomic E-state index is -3.30. The van der Waals surface area contributed by atoms with E-state index in [4.69, 9.17) is 0 Å². The van der Waals surface area contributed by atoms with Gasteiger partial charge in [0.15, 0.2) is 15.6 Å². The van der Waals surface area contributed by atoms with Gasteiger partial charge in [0.2, 0.25) is 0 Å². The zero-order valence-electron chi connectivity index (χ0n) is 12.2. The van der Waals surface area contributed by atoms with Crippen LogP contribution in [0, 0.1) is 13.8 Å². The van der Waals surface area contributed by atoms with Crippen LogP contribution in [0.5, 0.6) is 0 Å². The molecule has 4 heteroatoms. The summed E-state index contributed by atoms with van der Waals surface area (Å²) in [7, 11) is -3.30. The second-order valence-corrected chi connectivity index (χ2v) is 8.07. The summed E-state index contributed by atoms with van der Waals surface area (Å²) >= 11 is 0. The Labute approximate surface area is 121 Å². The first-order chi connectivity index (χ1) is 9.40. The Kier molecular flexibility index (Phi) is 4.63. The predicted octanol–water partition coefficient (Wildman–Crippen LogP) is 3.23. The third-order valence-electron chi connectivity index (χ3n) is 4.22.